The number of rotatable bonds is 8. The Morgan fingerprint density at radius 2 is 1.94 bits per heavy atom. The van der Waals surface area contributed by atoms with Gasteiger partial charge in [0.1, 0.15) is 0 Å². The minimum absolute atomic E-state index is 0. The highest BCUT2D eigenvalue weighted by molar-refractivity contribution is 7.99. The maximum Gasteiger partial charge on any atom is 0.222 e. The minimum Gasteiger partial charge on any atom is -0.343 e. The number of carbonyl (C=O) groups excluding carboxylic acids is 1. The van der Waals surface area contributed by atoms with Crippen molar-refractivity contribution in [3.8, 4) is 0 Å². The Bertz CT molecular complexity index is 203. The SMILES string of the molecule is CCSCCC(C)N(C)C(=O)CCC(C)N.Cl. The van der Waals surface area contributed by atoms with Gasteiger partial charge < -0.3 is 10.6 Å². The molecule has 17 heavy (non-hydrogen) atoms. The second-order valence-electron chi connectivity index (χ2n) is 4.36. The molecule has 104 valence electrons. The molecule has 2 unspecified atom stereocenters. The van der Waals surface area contributed by atoms with Gasteiger partial charge in [-0.3, -0.25) is 4.79 Å². The van der Waals surface area contributed by atoms with Gasteiger partial charge in [-0.2, -0.15) is 11.8 Å². The highest BCUT2D eigenvalue weighted by Gasteiger charge is 2.15. The van der Waals surface area contributed by atoms with E-state index in [-0.39, 0.29) is 24.4 Å². The molecule has 1 amide bonds. The topological polar surface area (TPSA) is 46.3 Å². The lowest BCUT2D eigenvalue weighted by Crippen LogP contribution is -2.36. The molecule has 0 rings (SSSR count). The summed E-state index contributed by atoms with van der Waals surface area (Å²) in [4.78, 5) is 13.6. The van der Waals surface area contributed by atoms with Crippen LogP contribution in [0.5, 0.6) is 0 Å². The normalized spacial score (nSPS) is 13.7. The maximum atomic E-state index is 11.8. The summed E-state index contributed by atoms with van der Waals surface area (Å²) in [5.41, 5.74) is 5.64. The van der Waals surface area contributed by atoms with E-state index in [1.807, 2.05) is 30.6 Å². The van der Waals surface area contributed by atoms with Crippen LogP contribution in [0.3, 0.4) is 0 Å². The molecule has 2 atom stereocenters. The standard InChI is InChI=1S/C12H26N2OS.ClH/c1-5-16-9-8-11(3)14(4)12(15)7-6-10(2)13;/h10-11H,5-9,13H2,1-4H3;1H. The van der Waals surface area contributed by atoms with Crippen LogP contribution in [0.25, 0.3) is 0 Å². The van der Waals surface area contributed by atoms with Crippen LogP contribution in [0, 0.1) is 0 Å². The van der Waals surface area contributed by atoms with E-state index < -0.39 is 0 Å². The van der Waals surface area contributed by atoms with E-state index in [4.69, 9.17) is 5.73 Å². The molecule has 0 heterocycles. The zero-order valence-corrected chi connectivity index (χ0v) is 13.1. The number of nitrogens with zero attached hydrogens (tertiary/aromatic N) is 1. The third-order valence-corrected chi connectivity index (χ3v) is 3.68. The Kier molecular flexibility index (Phi) is 12.8. The molecule has 0 saturated carbocycles. The van der Waals surface area contributed by atoms with E-state index in [2.05, 4.69) is 13.8 Å². The fourth-order valence-electron chi connectivity index (χ4n) is 1.37. The molecule has 0 aliphatic rings. The van der Waals surface area contributed by atoms with Crippen LogP contribution in [-0.2, 0) is 4.79 Å². The van der Waals surface area contributed by atoms with Gasteiger partial charge in [-0.1, -0.05) is 6.92 Å². The van der Waals surface area contributed by atoms with Gasteiger partial charge in [0.25, 0.3) is 0 Å². The number of nitrogens with two attached hydrogens (primary N) is 1. The summed E-state index contributed by atoms with van der Waals surface area (Å²) in [6, 6.07) is 0.447. The molecule has 3 nitrogen and oxygen atoms in total. The van der Waals surface area contributed by atoms with Crippen molar-refractivity contribution in [2.75, 3.05) is 18.6 Å². The minimum atomic E-state index is 0. The summed E-state index contributed by atoms with van der Waals surface area (Å²) in [7, 11) is 1.89. The zero-order valence-electron chi connectivity index (χ0n) is 11.4. The molecule has 5 heteroatoms. The lowest BCUT2D eigenvalue weighted by atomic mass is 10.1. The van der Waals surface area contributed by atoms with Gasteiger partial charge in [0.2, 0.25) is 5.91 Å². The Balaban J connectivity index is 0. The number of hydrogen-bond donors (Lipinski definition) is 1. The molecule has 0 fully saturated rings. The van der Waals surface area contributed by atoms with Crippen molar-refractivity contribution in [3.63, 3.8) is 0 Å². The fourth-order valence-corrected chi connectivity index (χ4v) is 2.16. The van der Waals surface area contributed by atoms with Crippen molar-refractivity contribution in [2.45, 2.75) is 52.1 Å². The van der Waals surface area contributed by atoms with Crippen LogP contribution in [-0.4, -0.2) is 41.4 Å². The van der Waals surface area contributed by atoms with Crippen LogP contribution in [0.1, 0.15) is 40.0 Å². The smallest absolute Gasteiger partial charge is 0.222 e. The van der Waals surface area contributed by atoms with Gasteiger partial charge in [-0.15, -0.1) is 12.4 Å². The predicted molar refractivity (Wildman–Crippen MR) is 80.0 cm³/mol. The Morgan fingerprint density at radius 3 is 2.41 bits per heavy atom. The van der Waals surface area contributed by atoms with Gasteiger partial charge in [0.15, 0.2) is 0 Å². The monoisotopic (exact) mass is 282 g/mol. The average Bonchev–Trinajstić information content (AvgIpc) is 2.24. The average molecular weight is 283 g/mol. The second-order valence-corrected chi connectivity index (χ2v) is 5.75. The maximum absolute atomic E-state index is 11.8. The van der Waals surface area contributed by atoms with Crippen molar-refractivity contribution in [1.29, 1.82) is 0 Å². The first-order chi connectivity index (χ1) is 7.49. The second kappa shape index (κ2) is 11.2. The van der Waals surface area contributed by atoms with Gasteiger partial charge >= 0.3 is 0 Å². The van der Waals surface area contributed by atoms with E-state index in [0.29, 0.717) is 12.5 Å². The largest absolute Gasteiger partial charge is 0.343 e. The van der Waals surface area contributed by atoms with E-state index in [9.17, 15) is 4.79 Å². The Morgan fingerprint density at radius 1 is 1.35 bits per heavy atom. The molecule has 0 saturated heterocycles. The van der Waals surface area contributed by atoms with Crippen molar-refractivity contribution >= 4 is 30.1 Å². The summed E-state index contributed by atoms with van der Waals surface area (Å²) in [5.74, 6) is 2.49. The molecule has 0 aliphatic carbocycles. The van der Waals surface area contributed by atoms with Gasteiger partial charge in [0.05, 0.1) is 0 Å². The number of halogens is 1. The van der Waals surface area contributed by atoms with Crippen molar-refractivity contribution < 1.29 is 4.79 Å². The summed E-state index contributed by atoms with van der Waals surface area (Å²) in [5, 5.41) is 0. The molecule has 0 aromatic rings. The third kappa shape index (κ3) is 9.74. The number of hydrogen-bond acceptors (Lipinski definition) is 3. The fraction of sp³-hybridized carbons (Fsp3) is 0.917. The van der Waals surface area contributed by atoms with Crippen LogP contribution < -0.4 is 5.73 Å². The predicted octanol–water partition coefficient (Wildman–Crippen LogP) is 2.53. The molecule has 0 aliphatic heterocycles. The van der Waals surface area contributed by atoms with E-state index >= 15 is 0 Å². The summed E-state index contributed by atoms with van der Waals surface area (Å²) < 4.78 is 0. The molecule has 0 radical (unpaired) electrons. The van der Waals surface area contributed by atoms with Crippen molar-refractivity contribution in [3.05, 3.63) is 0 Å². The van der Waals surface area contributed by atoms with Crippen molar-refractivity contribution in [1.82, 2.24) is 4.90 Å². The van der Waals surface area contributed by atoms with Crippen molar-refractivity contribution in [2.24, 2.45) is 5.73 Å². The first-order valence-electron chi connectivity index (χ1n) is 6.08. The summed E-state index contributed by atoms with van der Waals surface area (Å²) in [6.45, 7) is 6.21. The third-order valence-electron chi connectivity index (χ3n) is 2.75. The highest BCUT2D eigenvalue weighted by atomic mass is 35.5. The Labute approximate surface area is 116 Å². The number of carbonyl (C=O) groups is 1. The van der Waals surface area contributed by atoms with Gasteiger partial charge in [-0.05, 0) is 38.2 Å². The zero-order chi connectivity index (χ0) is 12.6. The summed E-state index contributed by atoms with van der Waals surface area (Å²) in [6.07, 6.45) is 2.41. The Hall–Kier alpha value is 0.0700. The quantitative estimate of drug-likeness (QED) is 0.696. The molecular formula is C12H27ClN2OS. The van der Waals surface area contributed by atoms with E-state index in [0.717, 1.165) is 24.3 Å². The lowest BCUT2D eigenvalue weighted by molar-refractivity contribution is -0.131. The summed E-state index contributed by atoms with van der Waals surface area (Å²) >= 11 is 1.93. The van der Waals surface area contributed by atoms with Crippen LogP contribution in [0.2, 0.25) is 0 Å². The molecule has 0 spiro atoms. The molecule has 0 aromatic carbocycles. The van der Waals surface area contributed by atoms with Gasteiger partial charge in [-0.25, -0.2) is 0 Å². The van der Waals surface area contributed by atoms with E-state index in [1.54, 1.807) is 0 Å². The number of thioether (sulfide) groups is 1. The highest BCUT2D eigenvalue weighted by Crippen LogP contribution is 2.10. The van der Waals surface area contributed by atoms with Gasteiger partial charge in [0, 0.05) is 25.6 Å². The molecular weight excluding hydrogens is 256 g/mol. The first kappa shape index (κ1) is 19.4. The first-order valence-corrected chi connectivity index (χ1v) is 7.23. The van der Waals surface area contributed by atoms with Crippen LogP contribution in [0.15, 0.2) is 0 Å². The van der Waals surface area contributed by atoms with E-state index in [1.165, 1.54) is 0 Å². The van der Waals surface area contributed by atoms with Crippen LogP contribution in [0.4, 0.5) is 0 Å². The van der Waals surface area contributed by atoms with Crippen LogP contribution >= 0.6 is 24.2 Å². The number of amides is 1. The molecule has 2 N–H and O–H groups in total. The molecule has 0 bridgehead atoms. The molecule has 0 aromatic heterocycles. The lowest BCUT2D eigenvalue weighted by Gasteiger charge is -2.25.